The average molecular weight is 654 g/mol. The van der Waals surface area contributed by atoms with Crippen LogP contribution in [0.5, 0.6) is 0 Å². The third-order valence-corrected chi connectivity index (χ3v) is 10.5. The second-order valence-electron chi connectivity index (χ2n) is 13.2. The molecular weight excluding hydrogens is 627 g/mol. The van der Waals surface area contributed by atoms with Gasteiger partial charge in [-0.25, -0.2) is 9.97 Å². The van der Waals surface area contributed by atoms with Crippen molar-refractivity contribution in [3.05, 3.63) is 164 Å². The molecule has 7 heteroatoms. The number of benzene rings is 7. The molecule has 51 heavy (non-hydrogen) atoms. The maximum absolute atomic E-state index is 5.13. The van der Waals surface area contributed by atoms with Gasteiger partial charge in [0.25, 0.3) is 0 Å². The van der Waals surface area contributed by atoms with E-state index in [-0.39, 0.29) is 0 Å². The van der Waals surface area contributed by atoms with Crippen LogP contribution in [0.15, 0.2) is 164 Å². The summed E-state index contributed by atoms with van der Waals surface area (Å²) < 4.78 is 11.5. The third kappa shape index (κ3) is 3.51. The van der Waals surface area contributed by atoms with Gasteiger partial charge in [-0.3, -0.25) is 17.9 Å². The van der Waals surface area contributed by atoms with Crippen LogP contribution in [0, 0.1) is 0 Å². The number of rotatable bonds is 3. The van der Waals surface area contributed by atoms with Gasteiger partial charge in [0.2, 0.25) is 11.6 Å². The van der Waals surface area contributed by atoms with Gasteiger partial charge < -0.3 is 4.57 Å². The van der Waals surface area contributed by atoms with Gasteiger partial charge in [-0.15, -0.1) is 0 Å². The molecule has 0 aliphatic heterocycles. The van der Waals surface area contributed by atoms with Gasteiger partial charge in [0.1, 0.15) is 0 Å². The molecule has 0 unspecified atom stereocenters. The molecule has 5 heterocycles. The Morgan fingerprint density at radius 3 is 1.51 bits per heavy atom. The van der Waals surface area contributed by atoms with E-state index in [4.69, 9.17) is 9.97 Å². The van der Waals surface area contributed by atoms with E-state index < -0.39 is 0 Å². The predicted molar refractivity (Wildman–Crippen MR) is 207 cm³/mol. The van der Waals surface area contributed by atoms with Crippen molar-refractivity contribution in [2.75, 3.05) is 0 Å². The molecular formula is C44H27N7. The molecule has 0 atom stereocenters. The Kier molecular flexibility index (Phi) is 5.12. The fourth-order valence-electron chi connectivity index (χ4n) is 8.34. The van der Waals surface area contributed by atoms with E-state index in [2.05, 4.69) is 186 Å². The maximum Gasteiger partial charge on any atom is 0.220 e. The van der Waals surface area contributed by atoms with Crippen LogP contribution in [-0.2, 0) is 0 Å². The minimum Gasteiger partial charge on any atom is -0.309 e. The summed E-state index contributed by atoms with van der Waals surface area (Å²) in [6.45, 7) is 0. The van der Waals surface area contributed by atoms with Crippen molar-refractivity contribution in [2.24, 2.45) is 0 Å². The number of nitrogens with zero attached hydrogens (tertiary/aromatic N) is 7. The van der Waals surface area contributed by atoms with Crippen molar-refractivity contribution in [3.63, 3.8) is 0 Å². The van der Waals surface area contributed by atoms with Crippen LogP contribution in [0.4, 0.5) is 0 Å². The first-order valence-electron chi connectivity index (χ1n) is 17.2. The highest BCUT2D eigenvalue weighted by Gasteiger charge is 2.21. The van der Waals surface area contributed by atoms with Crippen molar-refractivity contribution in [1.29, 1.82) is 0 Å². The quantitative estimate of drug-likeness (QED) is 0.191. The van der Waals surface area contributed by atoms with Crippen molar-refractivity contribution in [3.8, 4) is 17.1 Å². The topological polar surface area (TPSA) is 49.4 Å². The molecule has 0 bridgehead atoms. The van der Waals surface area contributed by atoms with Gasteiger partial charge in [-0.05, 0) is 91.0 Å². The number of hydrogen-bond donors (Lipinski definition) is 0. The van der Waals surface area contributed by atoms with Crippen LogP contribution in [0.1, 0.15) is 0 Å². The Morgan fingerprint density at radius 1 is 0.294 bits per heavy atom. The van der Waals surface area contributed by atoms with Crippen LogP contribution in [-0.4, -0.2) is 32.5 Å². The van der Waals surface area contributed by atoms with Crippen LogP contribution < -0.4 is 0 Å². The minimum atomic E-state index is 0.901. The summed E-state index contributed by atoms with van der Waals surface area (Å²) in [7, 11) is 0. The first-order chi connectivity index (χ1) is 25.3. The Balaban J connectivity index is 1.13. The van der Waals surface area contributed by atoms with Crippen molar-refractivity contribution in [2.45, 2.75) is 0 Å². The molecule has 0 radical (unpaired) electrons. The maximum atomic E-state index is 5.13. The molecule has 0 saturated heterocycles. The smallest absolute Gasteiger partial charge is 0.220 e. The van der Waals surface area contributed by atoms with Gasteiger partial charge >= 0.3 is 0 Å². The van der Waals surface area contributed by atoms with E-state index >= 15 is 0 Å². The lowest BCUT2D eigenvalue weighted by Gasteiger charge is -2.10. The molecule has 0 aliphatic rings. The molecule has 7 aromatic carbocycles. The Labute approximate surface area is 290 Å². The number of fused-ring (bicyclic) bond motifs is 13. The highest BCUT2D eigenvalue weighted by molar-refractivity contribution is 6.10. The number of aromatic nitrogens is 7. The van der Waals surface area contributed by atoms with E-state index in [9.17, 15) is 0 Å². The van der Waals surface area contributed by atoms with E-state index in [0.29, 0.717) is 0 Å². The normalized spacial score (nSPS) is 12.3. The molecule has 0 saturated carbocycles. The van der Waals surface area contributed by atoms with Crippen LogP contribution in [0.25, 0.3) is 94.6 Å². The lowest BCUT2D eigenvalue weighted by molar-refractivity contribution is 1.11. The van der Waals surface area contributed by atoms with Crippen LogP contribution in [0.2, 0.25) is 0 Å². The molecule has 0 N–H and O–H groups in total. The summed E-state index contributed by atoms with van der Waals surface area (Å²) in [6, 6.07) is 58.2. The summed E-state index contributed by atoms with van der Waals surface area (Å²) in [6.07, 6.45) is 0. The van der Waals surface area contributed by atoms with Gasteiger partial charge in [-0.1, -0.05) is 72.8 Å². The standard InChI is InChI=1S/C44H27N7/c1-2-12-28(13-3-1)48-41-25-23-30(27-42(41)51-38-19-9-6-16-34(38)45-43(48)51)47-35-17-7-4-14-31(35)32-26-29(22-24-36(32)47)49-39-20-10-11-21-40(39)50-37-18-8-5-15-33(37)46-44(49)50/h1-27H. The van der Waals surface area contributed by atoms with Crippen LogP contribution in [0.3, 0.4) is 0 Å². The first kappa shape index (κ1) is 26.8. The van der Waals surface area contributed by atoms with Crippen molar-refractivity contribution >= 4 is 77.5 Å². The average Bonchev–Trinajstić information content (AvgIpc) is 3.97. The summed E-state index contributed by atoms with van der Waals surface area (Å²) in [4.78, 5) is 10.3. The Bertz CT molecular complexity index is 3370. The Hall–Kier alpha value is -7.12. The summed E-state index contributed by atoms with van der Waals surface area (Å²) in [5.41, 5.74) is 14.2. The molecule has 0 fully saturated rings. The molecule has 12 rings (SSSR count). The fourth-order valence-corrected chi connectivity index (χ4v) is 8.34. The van der Waals surface area contributed by atoms with Crippen molar-refractivity contribution in [1.82, 2.24) is 32.5 Å². The monoisotopic (exact) mass is 653 g/mol. The van der Waals surface area contributed by atoms with Gasteiger partial charge in [0.05, 0.1) is 55.2 Å². The first-order valence-corrected chi connectivity index (χ1v) is 17.2. The molecule has 238 valence electrons. The second kappa shape index (κ2) is 9.74. The van der Waals surface area contributed by atoms with E-state index in [0.717, 1.165) is 83.8 Å². The molecule has 0 spiro atoms. The van der Waals surface area contributed by atoms with Gasteiger partial charge in [-0.2, -0.15) is 0 Å². The SMILES string of the molecule is c1ccc(-n2c3ccc(-n4c5ccccc5c5cc(-n6c7ccccc7n7c8ccccc8nc67)ccc54)cc3n3c4ccccc4nc23)cc1. The minimum absolute atomic E-state index is 0.901. The van der Waals surface area contributed by atoms with Crippen molar-refractivity contribution < 1.29 is 0 Å². The summed E-state index contributed by atoms with van der Waals surface area (Å²) in [5.74, 6) is 1.81. The van der Waals surface area contributed by atoms with E-state index in [1.165, 1.54) is 10.8 Å². The Morgan fingerprint density at radius 2 is 0.784 bits per heavy atom. The zero-order valence-electron chi connectivity index (χ0n) is 27.2. The molecule has 7 nitrogen and oxygen atoms in total. The number of hydrogen-bond acceptors (Lipinski definition) is 2. The lowest BCUT2D eigenvalue weighted by Crippen LogP contribution is -1.97. The zero-order chi connectivity index (χ0) is 33.2. The molecule has 0 amide bonds. The summed E-state index contributed by atoms with van der Waals surface area (Å²) in [5, 5.41) is 2.39. The fraction of sp³-hybridized carbons (Fsp3) is 0. The predicted octanol–water partition coefficient (Wildman–Crippen LogP) is 10.3. The summed E-state index contributed by atoms with van der Waals surface area (Å²) >= 11 is 0. The number of imidazole rings is 4. The van der Waals surface area contributed by atoms with Gasteiger partial charge in [0.15, 0.2) is 0 Å². The molecule has 12 aromatic rings. The highest BCUT2D eigenvalue weighted by Crippen LogP contribution is 2.37. The third-order valence-electron chi connectivity index (χ3n) is 10.5. The molecule has 0 aliphatic carbocycles. The highest BCUT2D eigenvalue weighted by atomic mass is 15.2. The second-order valence-corrected chi connectivity index (χ2v) is 13.2. The lowest BCUT2D eigenvalue weighted by atomic mass is 10.1. The van der Waals surface area contributed by atoms with E-state index in [1.807, 2.05) is 0 Å². The van der Waals surface area contributed by atoms with E-state index in [1.54, 1.807) is 0 Å². The van der Waals surface area contributed by atoms with Crippen LogP contribution >= 0.6 is 0 Å². The molecule has 5 aromatic heterocycles. The largest absolute Gasteiger partial charge is 0.309 e. The number of para-hydroxylation sites is 8. The van der Waals surface area contributed by atoms with Gasteiger partial charge in [0, 0.05) is 27.8 Å². The zero-order valence-corrected chi connectivity index (χ0v) is 27.2.